The standard InChI is InChI=1S/C21H20N2O3/c1-15-14-22(17-8-3-2-4-9-17)11-12-23(15)20(24)18-13-16-7-5-6-10-19(16)26-21(18)25/h2-10,13,15H,11-12,14H2,1H3. The van der Waals surface area contributed by atoms with E-state index in [0.29, 0.717) is 12.1 Å². The molecule has 2 heterocycles. The predicted octanol–water partition coefficient (Wildman–Crippen LogP) is 3.14. The highest BCUT2D eigenvalue weighted by Gasteiger charge is 2.30. The van der Waals surface area contributed by atoms with Gasteiger partial charge in [-0.05, 0) is 31.2 Å². The fourth-order valence-corrected chi connectivity index (χ4v) is 3.50. The third kappa shape index (κ3) is 2.96. The Labute approximate surface area is 151 Å². The first-order valence-corrected chi connectivity index (χ1v) is 8.77. The molecule has 0 aliphatic carbocycles. The lowest BCUT2D eigenvalue weighted by atomic mass is 10.1. The highest BCUT2D eigenvalue weighted by molar-refractivity contribution is 5.97. The van der Waals surface area contributed by atoms with Gasteiger partial charge in [0.25, 0.3) is 5.91 Å². The van der Waals surface area contributed by atoms with E-state index in [1.165, 1.54) is 0 Å². The predicted molar refractivity (Wildman–Crippen MR) is 102 cm³/mol. The van der Waals surface area contributed by atoms with Crippen LogP contribution in [0.15, 0.2) is 69.9 Å². The summed E-state index contributed by atoms with van der Waals surface area (Å²) in [6.45, 7) is 4.05. The van der Waals surface area contributed by atoms with Crippen molar-refractivity contribution in [1.29, 1.82) is 0 Å². The minimum Gasteiger partial charge on any atom is -0.422 e. The SMILES string of the molecule is CC1CN(c2ccccc2)CCN1C(=O)c1cc2ccccc2oc1=O. The van der Waals surface area contributed by atoms with Gasteiger partial charge in [0, 0.05) is 36.7 Å². The average Bonchev–Trinajstić information content (AvgIpc) is 2.67. The van der Waals surface area contributed by atoms with Crippen LogP contribution in [0, 0.1) is 0 Å². The molecule has 1 amide bonds. The summed E-state index contributed by atoms with van der Waals surface area (Å²) >= 11 is 0. The molecule has 26 heavy (non-hydrogen) atoms. The quantitative estimate of drug-likeness (QED) is 0.668. The minimum atomic E-state index is -0.577. The first kappa shape index (κ1) is 16.4. The number of fused-ring (bicyclic) bond motifs is 1. The molecule has 0 bridgehead atoms. The molecule has 1 aromatic heterocycles. The molecule has 132 valence electrons. The van der Waals surface area contributed by atoms with E-state index in [9.17, 15) is 9.59 Å². The normalized spacial score (nSPS) is 17.5. The first-order chi connectivity index (χ1) is 12.6. The van der Waals surface area contributed by atoms with Crippen molar-refractivity contribution in [3.8, 4) is 0 Å². The topological polar surface area (TPSA) is 53.8 Å². The van der Waals surface area contributed by atoms with Crippen LogP contribution in [0.3, 0.4) is 0 Å². The molecule has 1 aliphatic rings. The monoisotopic (exact) mass is 348 g/mol. The maximum atomic E-state index is 13.0. The molecule has 5 heteroatoms. The zero-order chi connectivity index (χ0) is 18.1. The van der Waals surface area contributed by atoms with Crippen molar-refractivity contribution in [1.82, 2.24) is 4.90 Å². The van der Waals surface area contributed by atoms with Crippen molar-refractivity contribution in [2.45, 2.75) is 13.0 Å². The van der Waals surface area contributed by atoms with Gasteiger partial charge in [-0.1, -0.05) is 36.4 Å². The highest BCUT2D eigenvalue weighted by atomic mass is 16.4. The van der Waals surface area contributed by atoms with Crippen LogP contribution in [0.25, 0.3) is 11.0 Å². The van der Waals surface area contributed by atoms with Crippen LogP contribution < -0.4 is 10.5 Å². The number of carbonyl (C=O) groups is 1. The molecule has 0 radical (unpaired) electrons. The van der Waals surface area contributed by atoms with Crippen LogP contribution >= 0.6 is 0 Å². The molecule has 5 nitrogen and oxygen atoms in total. The number of hydrogen-bond donors (Lipinski definition) is 0. The second kappa shape index (κ2) is 6.67. The Bertz CT molecular complexity index is 997. The molecular formula is C21H20N2O3. The molecule has 4 rings (SSSR count). The number of anilines is 1. The fraction of sp³-hybridized carbons (Fsp3) is 0.238. The van der Waals surface area contributed by atoms with Gasteiger partial charge in [0.1, 0.15) is 11.1 Å². The minimum absolute atomic E-state index is 0.00215. The molecule has 1 atom stereocenters. The van der Waals surface area contributed by atoms with Crippen molar-refractivity contribution in [2.75, 3.05) is 24.5 Å². The third-order valence-corrected chi connectivity index (χ3v) is 4.88. The van der Waals surface area contributed by atoms with Gasteiger partial charge in [-0.25, -0.2) is 4.79 Å². The summed E-state index contributed by atoms with van der Waals surface area (Å²) < 4.78 is 5.32. The summed E-state index contributed by atoms with van der Waals surface area (Å²) in [6, 6.07) is 19.0. The molecule has 2 aromatic carbocycles. The van der Waals surface area contributed by atoms with Gasteiger partial charge in [0.15, 0.2) is 0 Å². The van der Waals surface area contributed by atoms with Gasteiger partial charge in [-0.3, -0.25) is 4.79 Å². The molecule has 1 saturated heterocycles. The summed E-state index contributed by atoms with van der Waals surface area (Å²) in [5.41, 5.74) is 1.17. The van der Waals surface area contributed by atoms with Crippen molar-refractivity contribution in [3.63, 3.8) is 0 Å². The number of carbonyl (C=O) groups excluding carboxylic acids is 1. The number of hydrogen-bond acceptors (Lipinski definition) is 4. The number of benzene rings is 2. The number of nitrogens with zero attached hydrogens (tertiary/aromatic N) is 2. The van der Waals surface area contributed by atoms with E-state index < -0.39 is 5.63 Å². The summed E-state index contributed by atoms with van der Waals surface area (Å²) in [5, 5.41) is 0.756. The summed E-state index contributed by atoms with van der Waals surface area (Å²) in [7, 11) is 0. The maximum Gasteiger partial charge on any atom is 0.349 e. The number of para-hydroxylation sites is 2. The van der Waals surface area contributed by atoms with Crippen LogP contribution in [0.5, 0.6) is 0 Å². The molecule has 0 N–H and O–H groups in total. The zero-order valence-electron chi connectivity index (χ0n) is 14.6. The van der Waals surface area contributed by atoms with Gasteiger partial charge in [-0.2, -0.15) is 0 Å². The average molecular weight is 348 g/mol. The lowest BCUT2D eigenvalue weighted by Gasteiger charge is -2.40. The fourth-order valence-electron chi connectivity index (χ4n) is 3.50. The van der Waals surface area contributed by atoms with Crippen LogP contribution in [0.1, 0.15) is 17.3 Å². The smallest absolute Gasteiger partial charge is 0.349 e. The Kier molecular flexibility index (Phi) is 4.21. The van der Waals surface area contributed by atoms with Crippen molar-refractivity contribution >= 4 is 22.6 Å². The molecular weight excluding hydrogens is 328 g/mol. The second-order valence-electron chi connectivity index (χ2n) is 6.61. The first-order valence-electron chi connectivity index (χ1n) is 8.77. The lowest BCUT2D eigenvalue weighted by Crippen LogP contribution is -2.54. The van der Waals surface area contributed by atoms with E-state index >= 15 is 0 Å². The Morgan fingerprint density at radius 2 is 1.77 bits per heavy atom. The highest BCUT2D eigenvalue weighted by Crippen LogP contribution is 2.21. The third-order valence-electron chi connectivity index (χ3n) is 4.88. The Morgan fingerprint density at radius 3 is 2.54 bits per heavy atom. The summed E-state index contributed by atoms with van der Waals surface area (Å²) in [4.78, 5) is 29.3. The van der Waals surface area contributed by atoms with Crippen molar-refractivity contribution in [2.24, 2.45) is 0 Å². The van der Waals surface area contributed by atoms with Gasteiger partial charge in [0.05, 0.1) is 0 Å². The number of rotatable bonds is 2. The van der Waals surface area contributed by atoms with E-state index in [-0.39, 0.29) is 17.5 Å². The van der Waals surface area contributed by atoms with E-state index in [1.807, 2.05) is 37.3 Å². The zero-order valence-corrected chi connectivity index (χ0v) is 14.6. The van der Waals surface area contributed by atoms with Crippen LogP contribution in [-0.2, 0) is 0 Å². The van der Waals surface area contributed by atoms with E-state index in [1.54, 1.807) is 23.1 Å². The Balaban J connectivity index is 1.58. The number of amides is 1. The summed E-state index contributed by atoms with van der Waals surface area (Å²) in [5.74, 6) is -0.260. The van der Waals surface area contributed by atoms with Gasteiger partial charge in [-0.15, -0.1) is 0 Å². The molecule has 0 spiro atoms. The second-order valence-corrected chi connectivity index (χ2v) is 6.61. The molecule has 1 unspecified atom stereocenters. The van der Waals surface area contributed by atoms with Crippen molar-refractivity contribution in [3.05, 3.63) is 76.6 Å². The Hall–Kier alpha value is -3.08. The van der Waals surface area contributed by atoms with Gasteiger partial charge >= 0.3 is 5.63 Å². The van der Waals surface area contributed by atoms with Gasteiger partial charge in [0.2, 0.25) is 0 Å². The van der Waals surface area contributed by atoms with Crippen molar-refractivity contribution < 1.29 is 9.21 Å². The Morgan fingerprint density at radius 1 is 1.04 bits per heavy atom. The van der Waals surface area contributed by atoms with Crippen LogP contribution in [0.4, 0.5) is 5.69 Å². The maximum absolute atomic E-state index is 13.0. The van der Waals surface area contributed by atoms with Crippen LogP contribution in [-0.4, -0.2) is 36.5 Å². The summed E-state index contributed by atoms with van der Waals surface area (Å²) in [6.07, 6.45) is 0. The molecule has 1 fully saturated rings. The number of piperazine rings is 1. The lowest BCUT2D eigenvalue weighted by molar-refractivity contribution is 0.0670. The molecule has 1 aliphatic heterocycles. The molecule has 0 saturated carbocycles. The van der Waals surface area contributed by atoms with Crippen LogP contribution in [0.2, 0.25) is 0 Å². The largest absolute Gasteiger partial charge is 0.422 e. The van der Waals surface area contributed by atoms with E-state index in [4.69, 9.17) is 4.42 Å². The molecule has 3 aromatic rings. The van der Waals surface area contributed by atoms with E-state index in [0.717, 1.165) is 24.2 Å². The van der Waals surface area contributed by atoms with Gasteiger partial charge < -0.3 is 14.2 Å². The van der Waals surface area contributed by atoms with E-state index in [2.05, 4.69) is 17.0 Å².